The first-order valence-electron chi connectivity index (χ1n) is 12.1. The molecule has 0 radical (unpaired) electrons. The summed E-state index contributed by atoms with van der Waals surface area (Å²) in [5.41, 5.74) is 3.22. The lowest BCUT2D eigenvalue weighted by Crippen LogP contribution is -2.34. The molecule has 1 atom stereocenters. The van der Waals surface area contributed by atoms with Gasteiger partial charge >= 0.3 is 6.09 Å². The van der Waals surface area contributed by atoms with E-state index in [-0.39, 0.29) is 11.9 Å². The van der Waals surface area contributed by atoms with E-state index >= 15 is 0 Å². The molecule has 0 aliphatic carbocycles. The van der Waals surface area contributed by atoms with Crippen LogP contribution in [0.3, 0.4) is 0 Å². The van der Waals surface area contributed by atoms with Crippen LogP contribution in [-0.4, -0.2) is 37.1 Å². The average molecular weight is 518 g/mol. The Bertz CT molecular complexity index is 1360. The van der Waals surface area contributed by atoms with E-state index in [2.05, 4.69) is 46.5 Å². The SMILES string of the molecule is CC(C)Sc1ccc(-c2cncc(-c3nnc(-c4cccc(C(C)NC(=O)OC(C)(C)C)c4)o3)n2)cc1. The fraction of sp³-hybridized carbons (Fsp3) is 0.321. The van der Waals surface area contributed by atoms with Gasteiger partial charge in [0.05, 0.1) is 24.1 Å². The van der Waals surface area contributed by atoms with Crippen molar-refractivity contribution < 1.29 is 13.9 Å². The summed E-state index contributed by atoms with van der Waals surface area (Å²) in [6.07, 6.45) is 2.85. The van der Waals surface area contributed by atoms with Crippen LogP contribution in [-0.2, 0) is 4.74 Å². The fourth-order valence-corrected chi connectivity index (χ4v) is 4.37. The topological polar surface area (TPSA) is 103 Å². The zero-order valence-electron chi connectivity index (χ0n) is 21.9. The van der Waals surface area contributed by atoms with Crippen LogP contribution in [0.1, 0.15) is 53.1 Å². The van der Waals surface area contributed by atoms with Gasteiger partial charge in [-0.1, -0.05) is 38.1 Å². The molecule has 0 spiro atoms. The van der Waals surface area contributed by atoms with Gasteiger partial charge in [-0.2, -0.15) is 0 Å². The molecule has 1 unspecified atom stereocenters. The van der Waals surface area contributed by atoms with Crippen LogP contribution in [0, 0.1) is 0 Å². The molecule has 37 heavy (non-hydrogen) atoms. The van der Waals surface area contributed by atoms with E-state index < -0.39 is 11.7 Å². The number of alkyl carbamates (subject to hydrolysis) is 1. The van der Waals surface area contributed by atoms with E-state index in [9.17, 15) is 4.79 Å². The highest BCUT2D eigenvalue weighted by molar-refractivity contribution is 7.99. The van der Waals surface area contributed by atoms with Gasteiger partial charge in [0.2, 0.25) is 5.89 Å². The van der Waals surface area contributed by atoms with Crippen LogP contribution in [0.5, 0.6) is 0 Å². The van der Waals surface area contributed by atoms with Crippen molar-refractivity contribution in [3.8, 4) is 34.3 Å². The van der Waals surface area contributed by atoms with Gasteiger partial charge in [0.25, 0.3) is 5.89 Å². The molecule has 4 rings (SSSR count). The molecule has 8 nitrogen and oxygen atoms in total. The first-order valence-corrected chi connectivity index (χ1v) is 13.0. The second-order valence-corrected chi connectivity index (χ2v) is 11.5. The van der Waals surface area contributed by atoms with Gasteiger partial charge in [-0.05, 0) is 57.5 Å². The summed E-state index contributed by atoms with van der Waals surface area (Å²) < 4.78 is 11.3. The molecule has 1 N–H and O–H groups in total. The van der Waals surface area contributed by atoms with Gasteiger partial charge in [0, 0.05) is 21.3 Å². The van der Waals surface area contributed by atoms with E-state index in [4.69, 9.17) is 14.1 Å². The molecule has 1 amide bonds. The molecule has 0 aliphatic rings. The van der Waals surface area contributed by atoms with Crippen LogP contribution >= 0.6 is 11.8 Å². The van der Waals surface area contributed by atoms with Crippen molar-refractivity contribution in [1.82, 2.24) is 25.5 Å². The maximum absolute atomic E-state index is 12.2. The van der Waals surface area contributed by atoms with E-state index in [0.29, 0.717) is 16.8 Å². The van der Waals surface area contributed by atoms with Gasteiger partial charge in [0.1, 0.15) is 11.3 Å². The summed E-state index contributed by atoms with van der Waals surface area (Å²) in [6.45, 7) is 11.7. The lowest BCUT2D eigenvalue weighted by atomic mass is 10.1. The third-order valence-corrected chi connectivity index (χ3v) is 6.18. The van der Waals surface area contributed by atoms with Gasteiger partial charge in [-0.3, -0.25) is 4.98 Å². The van der Waals surface area contributed by atoms with Crippen molar-refractivity contribution in [3.63, 3.8) is 0 Å². The third kappa shape index (κ3) is 7.16. The largest absolute Gasteiger partial charge is 0.444 e. The molecule has 9 heteroatoms. The summed E-state index contributed by atoms with van der Waals surface area (Å²) in [5.74, 6) is 0.630. The van der Waals surface area contributed by atoms with Crippen molar-refractivity contribution in [2.45, 2.75) is 63.3 Å². The molecule has 2 heterocycles. The third-order valence-electron chi connectivity index (χ3n) is 5.17. The molecule has 0 saturated carbocycles. The summed E-state index contributed by atoms with van der Waals surface area (Å²) in [5, 5.41) is 11.8. The van der Waals surface area contributed by atoms with E-state index in [1.165, 1.54) is 4.90 Å². The Hall–Kier alpha value is -3.72. The lowest BCUT2D eigenvalue weighted by molar-refractivity contribution is 0.0508. The van der Waals surface area contributed by atoms with Crippen molar-refractivity contribution in [3.05, 3.63) is 66.5 Å². The van der Waals surface area contributed by atoms with Gasteiger partial charge < -0.3 is 14.5 Å². The normalized spacial score (nSPS) is 12.4. The summed E-state index contributed by atoms with van der Waals surface area (Å²) >= 11 is 1.81. The number of benzene rings is 2. The molecule has 2 aromatic carbocycles. The highest BCUT2D eigenvalue weighted by Gasteiger charge is 2.19. The minimum Gasteiger partial charge on any atom is -0.444 e. The Kier molecular flexibility index (Phi) is 7.92. The van der Waals surface area contributed by atoms with Crippen LogP contribution in [0.4, 0.5) is 4.79 Å². The first kappa shape index (κ1) is 26.3. The van der Waals surface area contributed by atoms with Crippen LogP contribution in [0.15, 0.2) is 70.2 Å². The lowest BCUT2D eigenvalue weighted by Gasteiger charge is -2.22. The molecule has 0 aliphatic heterocycles. The van der Waals surface area contributed by atoms with Crippen molar-refractivity contribution in [1.29, 1.82) is 0 Å². The van der Waals surface area contributed by atoms with E-state index in [1.807, 2.05) is 75.9 Å². The minimum atomic E-state index is -0.567. The van der Waals surface area contributed by atoms with Crippen LogP contribution in [0.25, 0.3) is 34.3 Å². The number of ether oxygens (including phenoxy) is 1. The zero-order valence-corrected chi connectivity index (χ0v) is 22.7. The van der Waals surface area contributed by atoms with Crippen molar-refractivity contribution in [2.24, 2.45) is 0 Å². The summed E-state index contributed by atoms with van der Waals surface area (Å²) in [4.78, 5) is 22.4. The Morgan fingerprint density at radius 3 is 2.35 bits per heavy atom. The van der Waals surface area contributed by atoms with Crippen LogP contribution in [0.2, 0.25) is 0 Å². The zero-order chi connectivity index (χ0) is 26.6. The number of nitrogens with one attached hydrogen (secondary N) is 1. The number of carbonyl (C=O) groups is 1. The van der Waals surface area contributed by atoms with E-state index in [1.54, 1.807) is 12.4 Å². The van der Waals surface area contributed by atoms with Gasteiger partial charge in [-0.25, -0.2) is 9.78 Å². The van der Waals surface area contributed by atoms with Gasteiger partial charge in [-0.15, -0.1) is 22.0 Å². The van der Waals surface area contributed by atoms with Crippen LogP contribution < -0.4 is 5.32 Å². The number of thioether (sulfide) groups is 1. The predicted octanol–water partition coefficient (Wildman–Crippen LogP) is 6.95. The van der Waals surface area contributed by atoms with Crippen molar-refractivity contribution >= 4 is 17.9 Å². The fourth-order valence-electron chi connectivity index (χ4n) is 3.54. The van der Waals surface area contributed by atoms with Gasteiger partial charge in [0.15, 0.2) is 0 Å². The molecule has 0 saturated heterocycles. The highest BCUT2D eigenvalue weighted by Crippen LogP contribution is 2.28. The monoisotopic (exact) mass is 517 g/mol. The Balaban J connectivity index is 1.51. The number of nitrogens with zero attached hydrogens (tertiary/aromatic N) is 4. The molecule has 0 fully saturated rings. The molecule has 192 valence electrons. The Morgan fingerprint density at radius 2 is 1.65 bits per heavy atom. The minimum absolute atomic E-state index is 0.273. The molecule has 2 aromatic heterocycles. The average Bonchev–Trinajstić information content (AvgIpc) is 3.34. The number of hydrogen-bond donors (Lipinski definition) is 1. The number of aromatic nitrogens is 4. The molecular formula is C28H31N5O3S. The number of amides is 1. The molecular weight excluding hydrogens is 486 g/mol. The standard InChI is InChI=1S/C28H31N5O3S/c1-17(2)37-22-12-10-19(11-13-22)23-15-29-16-24(31-23)26-33-32-25(35-26)21-9-7-8-20(14-21)18(3)30-27(34)36-28(4,5)6/h7-18H,1-6H3,(H,30,34). The second kappa shape index (κ2) is 11.1. The number of rotatable bonds is 7. The molecule has 4 aromatic rings. The maximum atomic E-state index is 12.2. The second-order valence-electron chi connectivity index (χ2n) is 9.89. The van der Waals surface area contributed by atoms with Crippen molar-refractivity contribution in [2.75, 3.05) is 0 Å². The maximum Gasteiger partial charge on any atom is 0.408 e. The number of hydrogen-bond acceptors (Lipinski definition) is 8. The first-order chi connectivity index (χ1) is 17.6. The number of carbonyl (C=O) groups excluding carboxylic acids is 1. The highest BCUT2D eigenvalue weighted by atomic mass is 32.2. The summed E-state index contributed by atoms with van der Waals surface area (Å²) in [6, 6.07) is 15.6. The molecule has 0 bridgehead atoms. The Labute approximate surface area is 221 Å². The predicted molar refractivity (Wildman–Crippen MR) is 145 cm³/mol. The Morgan fingerprint density at radius 1 is 0.946 bits per heavy atom. The quantitative estimate of drug-likeness (QED) is 0.263. The summed E-state index contributed by atoms with van der Waals surface area (Å²) in [7, 11) is 0. The van der Waals surface area contributed by atoms with E-state index in [0.717, 1.165) is 22.4 Å². The smallest absolute Gasteiger partial charge is 0.408 e.